The lowest BCUT2D eigenvalue weighted by Gasteiger charge is -2.10. The molecule has 1 atom stereocenters. The zero-order chi connectivity index (χ0) is 18.7. The lowest BCUT2D eigenvalue weighted by Crippen LogP contribution is -2.14. The molecule has 0 amide bonds. The van der Waals surface area contributed by atoms with Gasteiger partial charge in [0.1, 0.15) is 18.2 Å². The quantitative estimate of drug-likeness (QED) is 0.742. The molecule has 7 nitrogen and oxygen atoms in total. The van der Waals surface area contributed by atoms with Crippen molar-refractivity contribution in [2.45, 2.75) is 26.4 Å². The van der Waals surface area contributed by atoms with E-state index >= 15 is 0 Å². The summed E-state index contributed by atoms with van der Waals surface area (Å²) in [6.07, 6.45) is 0.557. The Hall–Kier alpha value is -2.66. The predicted molar refractivity (Wildman–Crippen MR) is 94.2 cm³/mol. The van der Waals surface area contributed by atoms with E-state index in [0.29, 0.717) is 23.4 Å². The fourth-order valence-electron chi connectivity index (χ4n) is 3.11. The number of hydrogen-bond acceptors (Lipinski definition) is 6. The fourth-order valence-corrected chi connectivity index (χ4v) is 4.97. The largest absolute Gasteiger partial charge is 0.459 e. The molecule has 2 aromatic rings. The number of carbonyl (C=O) groups is 1. The predicted octanol–water partition coefficient (Wildman–Crippen LogP) is 1.92. The van der Waals surface area contributed by atoms with Gasteiger partial charge in [-0.15, -0.1) is 0 Å². The van der Waals surface area contributed by atoms with E-state index in [1.54, 1.807) is 11.6 Å². The first-order valence-electron chi connectivity index (χ1n) is 8.29. The summed E-state index contributed by atoms with van der Waals surface area (Å²) in [5.74, 6) is -0.492. The van der Waals surface area contributed by atoms with E-state index in [9.17, 15) is 18.5 Å². The van der Waals surface area contributed by atoms with E-state index in [4.69, 9.17) is 4.74 Å². The van der Waals surface area contributed by atoms with Crippen molar-refractivity contribution in [3.05, 3.63) is 47.3 Å². The van der Waals surface area contributed by atoms with Crippen molar-refractivity contribution in [3.8, 4) is 11.8 Å². The minimum atomic E-state index is -3.02. The third-order valence-corrected chi connectivity index (χ3v) is 6.26. The van der Waals surface area contributed by atoms with Crippen molar-refractivity contribution in [3.63, 3.8) is 0 Å². The molecule has 8 heteroatoms. The van der Waals surface area contributed by atoms with Gasteiger partial charge in [0.25, 0.3) is 0 Å². The molecule has 0 bridgehead atoms. The number of esters is 1. The van der Waals surface area contributed by atoms with Gasteiger partial charge >= 0.3 is 5.97 Å². The number of carbonyl (C=O) groups excluding carboxylic acids is 1. The van der Waals surface area contributed by atoms with Crippen LogP contribution in [0.15, 0.2) is 30.3 Å². The number of para-hydroxylation sites is 1. The Balaban J connectivity index is 1.73. The van der Waals surface area contributed by atoms with Crippen LogP contribution in [0, 0.1) is 24.2 Å². The number of nitrogens with zero attached hydrogens (tertiary/aromatic N) is 3. The zero-order valence-corrected chi connectivity index (χ0v) is 15.2. The Morgan fingerprint density at radius 3 is 2.73 bits per heavy atom. The molecule has 3 rings (SSSR count). The molecular formula is C18H19N3O4S. The van der Waals surface area contributed by atoms with Gasteiger partial charge in [-0.25, -0.2) is 13.1 Å². The van der Waals surface area contributed by atoms with Crippen LogP contribution in [0.25, 0.3) is 5.69 Å². The SMILES string of the molecule is Cc1nn(-c2ccccc2)c(COC(=O)CC2CCS(=O)(=O)C2)c1C#N. The molecule has 136 valence electrons. The van der Waals surface area contributed by atoms with Gasteiger partial charge in [0.2, 0.25) is 0 Å². The van der Waals surface area contributed by atoms with Crippen LogP contribution >= 0.6 is 0 Å². The van der Waals surface area contributed by atoms with Crippen LogP contribution in [-0.4, -0.2) is 35.7 Å². The molecule has 2 heterocycles. The fraction of sp³-hybridized carbons (Fsp3) is 0.389. The normalized spacial score (nSPS) is 18.4. The molecule has 1 fully saturated rings. The first kappa shape index (κ1) is 18.1. The topological polar surface area (TPSA) is 102 Å². The van der Waals surface area contributed by atoms with Gasteiger partial charge in [0.05, 0.1) is 28.6 Å². The number of nitriles is 1. The Morgan fingerprint density at radius 2 is 2.12 bits per heavy atom. The number of rotatable bonds is 5. The van der Waals surface area contributed by atoms with Crippen LogP contribution in [0.3, 0.4) is 0 Å². The highest BCUT2D eigenvalue weighted by Gasteiger charge is 2.30. The Labute approximate surface area is 152 Å². The minimum absolute atomic E-state index is 0.0343. The maximum absolute atomic E-state index is 12.1. The van der Waals surface area contributed by atoms with Crippen molar-refractivity contribution >= 4 is 15.8 Å². The average molecular weight is 373 g/mol. The zero-order valence-electron chi connectivity index (χ0n) is 14.4. The van der Waals surface area contributed by atoms with Crippen molar-refractivity contribution in [1.29, 1.82) is 5.26 Å². The van der Waals surface area contributed by atoms with Gasteiger partial charge in [-0.2, -0.15) is 10.4 Å². The third-order valence-electron chi connectivity index (χ3n) is 4.42. The van der Waals surface area contributed by atoms with E-state index in [-0.39, 0.29) is 30.5 Å². The average Bonchev–Trinajstić information content (AvgIpc) is 3.12. The van der Waals surface area contributed by atoms with Gasteiger partial charge in [-0.05, 0) is 31.4 Å². The van der Waals surface area contributed by atoms with Gasteiger partial charge in [0.15, 0.2) is 9.84 Å². The van der Waals surface area contributed by atoms with Crippen molar-refractivity contribution in [2.75, 3.05) is 11.5 Å². The molecule has 1 aromatic carbocycles. The van der Waals surface area contributed by atoms with Crippen molar-refractivity contribution in [2.24, 2.45) is 5.92 Å². The van der Waals surface area contributed by atoms with Crippen molar-refractivity contribution in [1.82, 2.24) is 9.78 Å². The molecule has 1 aliphatic rings. The first-order valence-corrected chi connectivity index (χ1v) is 10.1. The summed E-state index contributed by atoms with van der Waals surface area (Å²) in [6.45, 7) is 1.64. The standard InChI is InChI=1S/C18H19N3O4S/c1-13-16(10-19)17(21(20-13)15-5-3-2-4-6-15)11-25-18(22)9-14-7-8-26(23,24)12-14/h2-6,14H,7-9,11-12H2,1H3. The van der Waals surface area contributed by atoms with Crippen LogP contribution in [0.1, 0.15) is 29.8 Å². The summed E-state index contributed by atoms with van der Waals surface area (Å²) in [4.78, 5) is 12.1. The van der Waals surface area contributed by atoms with E-state index in [0.717, 1.165) is 5.69 Å². The van der Waals surface area contributed by atoms with Gasteiger partial charge in [0, 0.05) is 6.42 Å². The minimum Gasteiger partial charge on any atom is -0.459 e. The molecular weight excluding hydrogens is 354 g/mol. The van der Waals surface area contributed by atoms with Crippen LogP contribution in [-0.2, 0) is 26.0 Å². The summed E-state index contributed by atoms with van der Waals surface area (Å²) in [5.41, 5.74) is 2.21. The second-order valence-corrected chi connectivity index (χ2v) is 8.63. The Morgan fingerprint density at radius 1 is 1.38 bits per heavy atom. The van der Waals surface area contributed by atoms with Crippen LogP contribution < -0.4 is 0 Å². The van der Waals surface area contributed by atoms with Gasteiger partial charge < -0.3 is 4.74 Å². The third kappa shape index (κ3) is 3.94. The number of aryl methyl sites for hydroxylation is 1. The number of ether oxygens (including phenoxy) is 1. The van der Waals surface area contributed by atoms with Crippen LogP contribution in [0.5, 0.6) is 0 Å². The summed E-state index contributed by atoms with van der Waals surface area (Å²) >= 11 is 0. The number of benzene rings is 1. The lowest BCUT2D eigenvalue weighted by atomic mass is 10.1. The number of aromatic nitrogens is 2. The summed E-state index contributed by atoms with van der Waals surface area (Å²) < 4.78 is 29.9. The highest BCUT2D eigenvalue weighted by atomic mass is 32.2. The Bertz CT molecular complexity index is 958. The number of sulfone groups is 1. The molecule has 1 saturated heterocycles. The molecule has 0 saturated carbocycles. The monoisotopic (exact) mass is 373 g/mol. The summed E-state index contributed by atoms with van der Waals surface area (Å²) in [7, 11) is -3.02. The smallest absolute Gasteiger partial charge is 0.306 e. The highest BCUT2D eigenvalue weighted by Crippen LogP contribution is 2.23. The molecule has 0 radical (unpaired) electrons. The second kappa shape index (κ2) is 7.30. The van der Waals surface area contributed by atoms with E-state index in [1.807, 2.05) is 30.3 Å². The molecule has 1 aromatic heterocycles. The van der Waals surface area contributed by atoms with E-state index < -0.39 is 15.8 Å². The molecule has 0 aliphatic carbocycles. The van der Waals surface area contributed by atoms with Crippen LogP contribution in [0.4, 0.5) is 0 Å². The molecule has 26 heavy (non-hydrogen) atoms. The molecule has 0 N–H and O–H groups in total. The maximum atomic E-state index is 12.1. The molecule has 0 spiro atoms. The summed E-state index contributed by atoms with van der Waals surface area (Å²) in [6, 6.07) is 11.4. The molecule has 1 unspecified atom stereocenters. The van der Waals surface area contributed by atoms with Crippen LogP contribution in [0.2, 0.25) is 0 Å². The second-order valence-electron chi connectivity index (χ2n) is 6.40. The Kier molecular flexibility index (Phi) is 5.09. The van der Waals surface area contributed by atoms with Crippen molar-refractivity contribution < 1.29 is 17.9 Å². The van der Waals surface area contributed by atoms with Gasteiger partial charge in [-0.1, -0.05) is 18.2 Å². The maximum Gasteiger partial charge on any atom is 0.306 e. The number of hydrogen-bond donors (Lipinski definition) is 0. The lowest BCUT2D eigenvalue weighted by molar-refractivity contribution is -0.146. The first-order chi connectivity index (χ1) is 12.4. The highest BCUT2D eigenvalue weighted by molar-refractivity contribution is 7.91. The van der Waals surface area contributed by atoms with E-state index in [1.165, 1.54) is 0 Å². The molecule has 1 aliphatic heterocycles. The van der Waals surface area contributed by atoms with E-state index in [2.05, 4.69) is 11.2 Å². The van der Waals surface area contributed by atoms with Gasteiger partial charge in [-0.3, -0.25) is 4.79 Å². The summed E-state index contributed by atoms with van der Waals surface area (Å²) in [5, 5.41) is 13.8.